The standard InChI is InChI=1S/C30H27NO9/c1-36-23-14-26(38-3)25(37-2)11-19(23)12-27-29(33)21-9-8-20(13-24(21)40-27)39-16-28(32)31-15-18-7-5-4-6-17(18)10-22(31)30(34)35/h4-9,11-14,22H,10,15-16H2,1-3H3,(H,34,35)/t22-/m0/s1. The number of hydrogen-bond acceptors (Lipinski definition) is 8. The minimum atomic E-state index is -1.07. The summed E-state index contributed by atoms with van der Waals surface area (Å²) in [5, 5.41) is 9.71. The van der Waals surface area contributed by atoms with Crippen LogP contribution in [0.4, 0.5) is 0 Å². The third-order valence-corrected chi connectivity index (χ3v) is 6.88. The summed E-state index contributed by atoms with van der Waals surface area (Å²) in [5.74, 6) is 0.183. The van der Waals surface area contributed by atoms with Gasteiger partial charge in [-0.15, -0.1) is 0 Å². The first-order chi connectivity index (χ1) is 19.3. The van der Waals surface area contributed by atoms with Gasteiger partial charge in [-0.05, 0) is 35.4 Å². The highest BCUT2D eigenvalue weighted by molar-refractivity contribution is 6.14. The Hall–Kier alpha value is -4.99. The number of carbonyl (C=O) groups excluding carboxylic acids is 2. The molecule has 3 aromatic carbocycles. The number of allylic oxidation sites excluding steroid dienone is 1. The van der Waals surface area contributed by atoms with Crippen LogP contribution in [-0.4, -0.2) is 61.6 Å². The number of fused-ring (bicyclic) bond motifs is 2. The Labute approximate surface area is 230 Å². The molecule has 10 heteroatoms. The maximum absolute atomic E-state index is 13.0. The second-order valence-corrected chi connectivity index (χ2v) is 9.18. The maximum atomic E-state index is 13.0. The van der Waals surface area contributed by atoms with Gasteiger partial charge in [0.1, 0.15) is 23.3 Å². The summed E-state index contributed by atoms with van der Waals surface area (Å²) >= 11 is 0. The van der Waals surface area contributed by atoms with Crippen molar-refractivity contribution in [2.75, 3.05) is 27.9 Å². The predicted molar refractivity (Wildman–Crippen MR) is 143 cm³/mol. The van der Waals surface area contributed by atoms with E-state index in [1.54, 1.807) is 30.3 Å². The van der Waals surface area contributed by atoms with Crippen LogP contribution in [0.2, 0.25) is 0 Å². The Balaban J connectivity index is 1.31. The third-order valence-electron chi connectivity index (χ3n) is 6.88. The SMILES string of the molecule is COc1cc(OC)c(OC)cc1C=C1Oc2cc(OCC(=O)N3Cc4ccccc4C[C@H]3C(=O)O)ccc2C1=O. The van der Waals surface area contributed by atoms with Crippen molar-refractivity contribution in [3.63, 3.8) is 0 Å². The molecule has 2 heterocycles. The summed E-state index contributed by atoms with van der Waals surface area (Å²) in [6.07, 6.45) is 1.78. The lowest BCUT2D eigenvalue weighted by atomic mass is 9.94. The summed E-state index contributed by atoms with van der Waals surface area (Å²) in [6, 6.07) is 14.4. The van der Waals surface area contributed by atoms with Gasteiger partial charge in [0.05, 0.1) is 26.9 Å². The molecule has 2 aliphatic rings. The number of carboxylic acid groups (broad SMARTS) is 1. The Morgan fingerprint density at radius 2 is 1.68 bits per heavy atom. The smallest absolute Gasteiger partial charge is 0.326 e. The quantitative estimate of drug-likeness (QED) is 0.422. The van der Waals surface area contributed by atoms with Crippen molar-refractivity contribution < 1.29 is 43.2 Å². The number of ether oxygens (including phenoxy) is 5. The average molecular weight is 546 g/mol. The van der Waals surface area contributed by atoms with Crippen LogP contribution >= 0.6 is 0 Å². The molecule has 1 amide bonds. The van der Waals surface area contributed by atoms with Crippen LogP contribution in [0.3, 0.4) is 0 Å². The van der Waals surface area contributed by atoms with E-state index in [4.69, 9.17) is 23.7 Å². The van der Waals surface area contributed by atoms with E-state index in [1.165, 1.54) is 32.3 Å². The predicted octanol–water partition coefficient (Wildman–Crippen LogP) is 3.75. The monoisotopic (exact) mass is 545 g/mol. The van der Waals surface area contributed by atoms with Crippen LogP contribution in [-0.2, 0) is 22.6 Å². The van der Waals surface area contributed by atoms with E-state index in [9.17, 15) is 19.5 Å². The fourth-order valence-corrected chi connectivity index (χ4v) is 4.80. The molecule has 0 aromatic heterocycles. The van der Waals surface area contributed by atoms with E-state index >= 15 is 0 Å². The molecule has 0 bridgehead atoms. The van der Waals surface area contributed by atoms with E-state index < -0.39 is 17.9 Å². The highest BCUT2D eigenvalue weighted by Crippen LogP contribution is 2.39. The van der Waals surface area contributed by atoms with Gasteiger partial charge in [0.15, 0.2) is 23.9 Å². The number of amides is 1. The number of nitrogens with zero attached hydrogens (tertiary/aromatic N) is 1. The molecule has 0 radical (unpaired) electrons. The Morgan fingerprint density at radius 3 is 2.38 bits per heavy atom. The average Bonchev–Trinajstić information content (AvgIpc) is 3.28. The van der Waals surface area contributed by atoms with Crippen molar-refractivity contribution in [1.29, 1.82) is 0 Å². The minimum Gasteiger partial charge on any atom is -0.496 e. The van der Waals surface area contributed by atoms with Gasteiger partial charge in [0.25, 0.3) is 5.91 Å². The number of hydrogen-bond donors (Lipinski definition) is 1. The fourth-order valence-electron chi connectivity index (χ4n) is 4.80. The van der Waals surface area contributed by atoms with Gasteiger partial charge in [0.2, 0.25) is 5.78 Å². The Morgan fingerprint density at radius 1 is 0.975 bits per heavy atom. The Kier molecular flexibility index (Phi) is 7.33. The summed E-state index contributed by atoms with van der Waals surface area (Å²) < 4.78 is 27.6. The zero-order valence-electron chi connectivity index (χ0n) is 22.1. The van der Waals surface area contributed by atoms with E-state index in [0.717, 1.165) is 11.1 Å². The van der Waals surface area contributed by atoms with Gasteiger partial charge in [-0.3, -0.25) is 9.59 Å². The Bertz CT molecular complexity index is 1530. The molecule has 0 saturated heterocycles. The number of carboxylic acids is 1. The molecule has 3 aromatic rings. The third kappa shape index (κ3) is 5.03. The van der Waals surface area contributed by atoms with Crippen molar-refractivity contribution in [2.24, 2.45) is 0 Å². The highest BCUT2D eigenvalue weighted by atomic mass is 16.5. The van der Waals surface area contributed by atoms with Crippen LogP contribution in [0.15, 0.2) is 60.4 Å². The topological polar surface area (TPSA) is 121 Å². The van der Waals surface area contributed by atoms with Gasteiger partial charge >= 0.3 is 5.97 Å². The van der Waals surface area contributed by atoms with Crippen LogP contribution in [0.5, 0.6) is 28.7 Å². The molecular formula is C30H27NO9. The number of Topliss-reactive ketones (excluding diaryl/α,β-unsaturated/α-hetero) is 1. The summed E-state index contributed by atoms with van der Waals surface area (Å²) in [5.41, 5.74) is 2.70. The number of aliphatic carboxylic acids is 1. The van der Waals surface area contributed by atoms with Crippen LogP contribution in [0, 0.1) is 0 Å². The van der Waals surface area contributed by atoms with Crippen molar-refractivity contribution in [1.82, 2.24) is 4.90 Å². The van der Waals surface area contributed by atoms with Crippen molar-refractivity contribution >= 4 is 23.7 Å². The second kappa shape index (κ2) is 11.0. The van der Waals surface area contributed by atoms with Gasteiger partial charge in [0, 0.05) is 30.7 Å². The lowest BCUT2D eigenvalue weighted by Crippen LogP contribution is -2.50. The number of ketones is 1. The largest absolute Gasteiger partial charge is 0.496 e. The first-order valence-electron chi connectivity index (χ1n) is 12.4. The fraction of sp³-hybridized carbons (Fsp3) is 0.233. The summed E-state index contributed by atoms with van der Waals surface area (Å²) in [7, 11) is 4.52. The molecule has 10 nitrogen and oxygen atoms in total. The van der Waals surface area contributed by atoms with Crippen LogP contribution in [0.1, 0.15) is 27.0 Å². The van der Waals surface area contributed by atoms with E-state index in [-0.39, 0.29) is 36.9 Å². The number of benzene rings is 3. The summed E-state index contributed by atoms with van der Waals surface area (Å²) in [4.78, 5) is 39.2. The molecule has 206 valence electrons. The first-order valence-corrected chi connectivity index (χ1v) is 12.4. The number of rotatable bonds is 8. The molecular weight excluding hydrogens is 518 g/mol. The zero-order valence-corrected chi connectivity index (χ0v) is 22.1. The molecule has 0 spiro atoms. The van der Waals surface area contributed by atoms with Crippen molar-refractivity contribution in [3.05, 3.63) is 82.6 Å². The van der Waals surface area contributed by atoms with Gasteiger partial charge in [-0.2, -0.15) is 0 Å². The molecule has 1 N–H and O–H groups in total. The van der Waals surface area contributed by atoms with E-state index in [2.05, 4.69) is 0 Å². The second-order valence-electron chi connectivity index (χ2n) is 9.18. The molecule has 0 saturated carbocycles. The van der Waals surface area contributed by atoms with E-state index in [0.29, 0.717) is 34.1 Å². The molecule has 40 heavy (non-hydrogen) atoms. The zero-order chi connectivity index (χ0) is 28.4. The van der Waals surface area contributed by atoms with Crippen molar-refractivity contribution in [2.45, 2.75) is 19.0 Å². The molecule has 0 unspecified atom stereocenters. The van der Waals surface area contributed by atoms with Gasteiger partial charge in [-0.25, -0.2) is 4.79 Å². The van der Waals surface area contributed by atoms with Crippen LogP contribution in [0.25, 0.3) is 6.08 Å². The minimum absolute atomic E-state index is 0.0741. The molecule has 0 fully saturated rings. The number of methoxy groups -OCH3 is 3. The molecule has 0 aliphatic carbocycles. The normalized spacial score (nSPS) is 16.6. The molecule has 2 aliphatic heterocycles. The van der Waals surface area contributed by atoms with Gasteiger partial charge in [-0.1, -0.05) is 24.3 Å². The summed E-state index contributed by atoms with van der Waals surface area (Å²) in [6.45, 7) is -0.185. The highest BCUT2D eigenvalue weighted by Gasteiger charge is 2.35. The lowest BCUT2D eigenvalue weighted by Gasteiger charge is -2.34. The van der Waals surface area contributed by atoms with Crippen molar-refractivity contribution in [3.8, 4) is 28.7 Å². The first kappa shape index (κ1) is 26.6. The maximum Gasteiger partial charge on any atom is 0.326 e. The van der Waals surface area contributed by atoms with Crippen LogP contribution < -0.4 is 23.7 Å². The lowest BCUT2D eigenvalue weighted by molar-refractivity contribution is -0.152. The molecule has 1 atom stereocenters. The molecule has 5 rings (SSSR count). The number of carbonyl (C=O) groups is 3. The van der Waals surface area contributed by atoms with E-state index in [1.807, 2.05) is 24.3 Å². The van der Waals surface area contributed by atoms with Gasteiger partial charge < -0.3 is 33.7 Å².